The van der Waals surface area contributed by atoms with Crippen LogP contribution in [0.1, 0.15) is 40.0 Å². The molecule has 1 atom stereocenters. The first kappa shape index (κ1) is 22.1. The molecular weight excluding hydrogens is 294 g/mol. The summed E-state index contributed by atoms with van der Waals surface area (Å²) < 4.78 is 10.4. The monoisotopic (exact) mass is 331 g/mol. The largest absolute Gasteiger partial charge is 0.396 e. The molecule has 0 saturated carbocycles. The van der Waals surface area contributed by atoms with Gasteiger partial charge in [0, 0.05) is 40.0 Å². The van der Waals surface area contributed by atoms with Crippen molar-refractivity contribution in [1.29, 1.82) is 0 Å². The lowest BCUT2D eigenvalue weighted by molar-refractivity contribution is 0.0698. The van der Waals surface area contributed by atoms with Gasteiger partial charge in [0.2, 0.25) is 0 Å². The molecule has 0 rings (SSSR count). The van der Waals surface area contributed by atoms with Crippen LogP contribution in [0.3, 0.4) is 0 Å². The first-order valence-electron chi connectivity index (χ1n) is 8.83. The van der Waals surface area contributed by atoms with Gasteiger partial charge in [-0.3, -0.25) is 4.99 Å². The molecule has 3 N–H and O–H groups in total. The van der Waals surface area contributed by atoms with Gasteiger partial charge in [-0.05, 0) is 38.0 Å². The van der Waals surface area contributed by atoms with Gasteiger partial charge in [-0.25, -0.2) is 0 Å². The van der Waals surface area contributed by atoms with E-state index in [1.54, 1.807) is 7.11 Å². The zero-order chi connectivity index (χ0) is 17.3. The fraction of sp³-hybridized carbons (Fsp3) is 0.941. The Morgan fingerprint density at radius 1 is 1.17 bits per heavy atom. The minimum absolute atomic E-state index is 0.232. The van der Waals surface area contributed by atoms with E-state index >= 15 is 0 Å². The third-order valence-corrected chi connectivity index (χ3v) is 3.38. The molecule has 0 fully saturated rings. The Hall–Kier alpha value is -0.850. The Kier molecular flexibility index (Phi) is 15.4. The summed E-state index contributed by atoms with van der Waals surface area (Å²) in [5, 5.41) is 15.8. The average molecular weight is 332 g/mol. The van der Waals surface area contributed by atoms with E-state index in [0.717, 1.165) is 51.5 Å². The van der Waals surface area contributed by atoms with E-state index < -0.39 is 0 Å². The van der Waals surface area contributed by atoms with Gasteiger partial charge in [0.05, 0.1) is 13.2 Å². The summed E-state index contributed by atoms with van der Waals surface area (Å²) in [6.07, 6.45) is 2.84. The minimum Gasteiger partial charge on any atom is -0.396 e. The molecule has 0 heterocycles. The lowest BCUT2D eigenvalue weighted by Crippen LogP contribution is -2.38. The van der Waals surface area contributed by atoms with Crippen molar-refractivity contribution in [1.82, 2.24) is 10.6 Å². The lowest BCUT2D eigenvalue weighted by Gasteiger charge is -2.17. The highest BCUT2D eigenvalue weighted by Crippen LogP contribution is 2.15. The summed E-state index contributed by atoms with van der Waals surface area (Å²) in [4.78, 5) is 4.66. The van der Waals surface area contributed by atoms with Crippen molar-refractivity contribution in [2.75, 3.05) is 53.2 Å². The van der Waals surface area contributed by atoms with Gasteiger partial charge in [-0.15, -0.1) is 0 Å². The highest BCUT2D eigenvalue weighted by Gasteiger charge is 2.10. The fourth-order valence-electron chi connectivity index (χ4n) is 2.32. The molecule has 0 aromatic carbocycles. The van der Waals surface area contributed by atoms with Crippen LogP contribution in [0.25, 0.3) is 0 Å². The molecule has 23 heavy (non-hydrogen) atoms. The third-order valence-electron chi connectivity index (χ3n) is 3.38. The Morgan fingerprint density at radius 2 is 1.96 bits per heavy atom. The van der Waals surface area contributed by atoms with Crippen molar-refractivity contribution in [3.8, 4) is 0 Å². The highest BCUT2D eigenvalue weighted by atomic mass is 16.5. The van der Waals surface area contributed by atoms with Crippen molar-refractivity contribution in [2.45, 2.75) is 40.0 Å². The standard InChI is InChI=1S/C17H37N3O3/c1-5-18-17(19-8-6-10-23-12-11-22-4)20-14-16(7-9-21)13-15(2)3/h15-16,21H,5-14H2,1-4H3,(H2,18,19,20). The second-order valence-electron chi connectivity index (χ2n) is 6.11. The van der Waals surface area contributed by atoms with E-state index in [1.807, 2.05) is 0 Å². The maximum absolute atomic E-state index is 9.18. The van der Waals surface area contributed by atoms with Gasteiger partial charge in [0.1, 0.15) is 0 Å². The number of aliphatic hydroxyl groups is 1. The predicted molar refractivity (Wildman–Crippen MR) is 95.9 cm³/mol. The fourth-order valence-corrected chi connectivity index (χ4v) is 2.32. The number of aliphatic hydroxyl groups excluding tert-OH is 1. The van der Waals surface area contributed by atoms with Gasteiger partial charge in [0.15, 0.2) is 5.96 Å². The van der Waals surface area contributed by atoms with Crippen LogP contribution in [0.2, 0.25) is 0 Å². The van der Waals surface area contributed by atoms with E-state index in [0.29, 0.717) is 25.0 Å². The average Bonchev–Trinajstić information content (AvgIpc) is 2.51. The predicted octanol–water partition coefficient (Wildman–Crippen LogP) is 1.64. The highest BCUT2D eigenvalue weighted by molar-refractivity contribution is 5.79. The molecule has 0 radical (unpaired) electrons. The van der Waals surface area contributed by atoms with E-state index in [2.05, 4.69) is 36.4 Å². The zero-order valence-electron chi connectivity index (χ0n) is 15.4. The number of hydrogen-bond donors (Lipinski definition) is 3. The number of guanidine groups is 1. The second-order valence-corrected chi connectivity index (χ2v) is 6.11. The molecule has 0 aromatic rings. The van der Waals surface area contributed by atoms with Crippen LogP contribution in [0, 0.1) is 11.8 Å². The summed E-state index contributed by atoms with van der Waals surface area (Å²) in [7, 11) is 1.67. The summed E-state index contributed by atoms with van der Waals surface area (Å²) in [6, 6.07) is 0. The van der Waals surface area contributed by atoms with Gasteiger partial charge in [-0.2, -0.15) is 0 Å². The number of methoxy groups -OCH3 is 1. The molecule has 138 valence electrons. The molecule has 0 spiro atoms. The zero-order valence-corrected chi connectivity index (χ0v) is 15.4. The number of hydrogen-bond acceptors (Lipinski definition) is 4. The van der Waals surface area contributed by atoms with Gasteiger partial charge >= 0.3 is 0 Å². The summed E-state index contributed by atoms with van der Waals surface area (Å²) in [5.41, 5.74) is 0. The Labute approximate surface area is 142 Å². The first-order valence-corrected chi connectivity index (χ1v) is 8.83. The molecule has 0 saturated heterocycles. The van der Waals surface area contributed by atoms with E-state index in [4.69, 9.17) is 9.47 Å². The minimum atomic E-state index is 0.232. The number of ether oxygens (including phenoxy) is 2. The van der Waals surface area contributed by atoms with Gasteiger partial charge < -0.3 is 25.2 Å². The van der Waals surface area contributed by atoms with Crippen molar-refractivity contribution >= 4 is 5.96 Å². The first-order chi connectivity index (χ1) is 11.1. The van der Waals surface area contributed by atoms with Crippen molar-refractivity contribution < 1.29 is 14.6 Å². The van der Waals surface area contributed by atoms with E-state index in [-0.39, 0.29) is 6.61 Å². The molecule has 0 aliphatic heterocycles. The lowest BCUT2D eigenvalue weighted by atomic mass is 9.94. The molecular formula is C17H37N3O3. The van der Waals surface area contributed by atoms with Crippen LogP contribution in [0.4, 0.5) is 0 Å². The Morgan fingerprint density at radius 3 is 2.57 bits per heavy atom. The number of nitrogens with zero attached hydrogens (tertiary/aromatic N) is 1. The Bertz CT molecular complexity index is 286. The molecule has 0 aromatic heterocycles. The molecule has 6 nitrogen and oxygen atoms in total. The van der Waals surface area contributed by atoms with Crippen LogP contribution in [0.5, 0.6) is 0 Å². The maximum atomic E-state index is 9.18. The van der Waals surface area contributed by atoms with Crippen molar-refractivity contribution in [3.05, 3.63) is 0 Å². The molecule has 1 unspecified atom stereocenters. The summed E-state index contributed by atoms with van der Waals surface area (Å²) in [5.74, 6) is 1.91. The molecule has 0 aliphatic carbocycles. The van der Waals surface area contributed by atoms with Gasteiger partial charge in [-0.1, -0.05) is 13.8 Å². The van der Waals surface area contributed by atoms with Crippen LogP contribution in [-0.4, -0.2) is 64.2 Å². The van der Waals surface area contributed by atoms with Crippen LogP contribution in [-0.2, 0) is 9.47 Å². The molecule has 0 amide bonds. The summed E-state index contributed by atoms with van der Waals surface area (Å²) >= 11 is 0. The van der Waals surface area contributed by atoms with Crippen molar-refractivity contribution in [2.24, 2.45) is 16.8 Å². The number of rotatable bonds is 14. The second kappa shape index (κ2) is 16.0. The van der Waals surface area contributed by atoms with E-state index in [9.17, 15) is 5.11 Å². The number of aliphatic imine (C=N–C) groups is 1. The smallest absolute Gasteiger partial charge is 0.191 e. The summed E-state index contributed by atoms with van der Waals surface area (Å²) in [6.45, 7) is 11.1. The SMILES string of the molecule is CCNC(=NCC(CCO)CC(C)C)NCCCOCCOC. The molecule has 6 heteroatoms. The topological polar surface area (TPSA) is 75.1 Å². The van der Waals surface area contributed by atoms with Gasteiger partial charge in [0.25, 0.3) is 0 Å². The van der Waals surface area contributed by atoms with E-state index in [1.165, 1.54) is 0 Å². The third kappa shape index (κ3) is 14.5. The Balaban J connectivity index is 4.09. The van der Waals surface area contributed by atoms with Crippen LogP contribution >= 0.6 is 0 Å². The molecule has 0 bridgehead atoms. The van der Waals surface area contributed by atoms with Crippen LogP contribution < -0.4 is 10.6 Å². The van der Waals surface area contributed by atoms with Crippen molar-refractivity contribution in [3.63, 3.8) is 0 Å². The maximum Gasteiger partial charge on any atom is 0.191 e. The molecule has 0 aliphatic rings. The quantitative estimate of drug-likeness (QED) is 0.256. The number of nitrogens with one attached hydrogen (secondary N) is 2. The normalized spacial score (nSPS) is 13.4. The van der Waals surface area contributed by atoms with Crippen LogP contribution in [0.15, 0.2) is 4.99 Å².